The Kier molecular flexibility index (Phi) is 4.68. The van der Waals surface area contributed by atoms with Crippen molar-refractivity contribution in [1.82, 2.24) is 4.72 Å². The van der Waals surface area contributed by atoms with Gasteiger partial charge in [-0.3, -0.25) is 4.79 Å². The third-order valence-corrected chi connectivity index (χ3v) is 6.50. The van der Waals surface area contributed by atoms with Gasteiger partial charge in [-0.1, -0.05) is 19.3 Å². The van der Waals surface area contributed by atoms with Crippen molar-refractivity contribution in [2.45, 2.75) is 55.9 Å². The molecule has 0 atom stereocenters. The number of nitrogens with two attached hydrogens (primary N) is 1. The molecule has 7 heteroatoms. The van der Waals surface area contributed by atoms with Crippen LogP contribution < -0.4 is 15.4 Å². The summed E-state index contributed by atoms with van der Waals surface area (Å²) in [6.45, 7) is 2.39. The summed E-state index contributed by atoms with van der Waals surface area (Å²) >= 11 is 0. The van der Waals surface area contributed by atoms with Crippen LogP contribution in [0.5, 0.6) is 0 Å². The fourth-order valence-electron chi connectivity index (χ4n) is 3.63. The van der Waals surface area contributed by atoms with E-state index in [0.717, 1.165) is 36.9 Å². The Labute approximate surface area is 143 Å². The number of amides is 1. The number of anilines is 1. The maximum absolute atomic E-state index is 12.6. The van der Waals surface area contributed by atoms with E-state index in [1.165, 1.54) is 13.3 Å². The molecule has 1 heterocycles. The smallest absolute Gasteiger partial charge is 0.240 e. The molecule has 1 aliphatic carbocycles. The van der Waals surface area contributed by atoms with Gasteiger partial charge >= 0.3 is 0 Å². The summed E-state index contributed by atoms with van der Waals surface area (Å²) in [5, 5.41) is 0. The topological polar surface area (TPSA) is 92.5 Å². The van der Waals surface area contributed by atoms with Crippen LogP contribution in [0, 0.1) is 0 Å². The second-order valence-electron chi connectivity index (χ2n) is 6.96. The minimum Gasteiger partial charge on any atom is -0.324 e. The van der Waals surface area contributed by atoms with Gasteiger partial charge in [0.2, 0.25) is 15.9 Å². The molecule has 2 aliphatic rings. The van der Waals surface area contributed by atoms with Gasteiger partial charge in [0.15, 0.2) is 0 Å². The molecule has 1 saturated carbocycles. The van der Waals surface area contributed by atoms with Crippen molar-refractivity contribution >= 4 is 21.6 Å². The number of fused-ring (bicyclic) bond motifs is 1. The number of nitrogens with zero attached hydrogens (tertiary/aromatic N) is 1. The van der Waals surface area contributed by atoms with E-state index in [9.17, 15) is 13.2 Å². The third-order valence-electron chi connectivity index (χ3n) is 5.10. The third kappa shape index (κ3) is 3.48. The minimum absolute atomic E-state index is 0.0233. The predicted molar refractivity (Wildman–Crippen MR) is 93.4 cm³/mol. The van der Waals surface area contributed by atoms with Gasteiger partial charge in [-0.25, -0.2) is 13.1 Å². The Hall–Kier alpha value is -1.44. The molecule has 24 heavy (non-hydrogen) atoms. The summed E-state index contributed by atoms with van der Waals surface area (Å²) in [7, 11) is -3.59. The molecule has 0 saturated heterocycles. The van der Waals surface area contributed by atoms with Crippen molar-refractivity contribution in [3.05, 3.63) is 23.8 Å². The molecule has 132 valence electrons. The average molecular weight is 351 g/mol. The molecule has 0 spiro atoms. The highest BCUT2D eigenvalue weighted by molar-refractivity contribution is 7.89. The van der Waals surface area contributed by atoms with Crippen LogP contribution in [-0.4, -0.2) is 33.0 Å². The number of hydrogen-bond donors (Lipinski definition) is 2. The molecule has 6 nitrogen and oxygen atoms in total. The lowest BCUT2D eigenvalue weighted by Gasteiger charge is -2.33. The van der Waals surface area contributed by atoms with Crippen molar-refractivity contribution in [2.24, 2.45) is 5.73 Å². The molecule has 0 aromatic heterocycles. The van der Waals surface area contributed by atoms with E-state index < -0.39 is 15.6 Å². The van der Waals surface area contributed by atoms with Crippen molar-refractivity contribution in [2.75, 3.05) is 18.0 Å². The van der Waals surface area contributed by atoms with Crippen LogP contribution in [-0.2, 0) is 21.2 Å². The van der Waals surface area contributed by atoms with Gasteiger partial charge < -0.3 is 10.6 Å². The molecule has 1 amide bonds. The number of benzene rings is 1. The SMILES string of the molecule is CC(=O)N1CCc2cc(S(=O)(=O)NCC3(N)CCCCC3)ccc21. The molecule has 3 rings (SSSR count). The number of sulfonamides is 1. The summed E-state index contributed by atoms with van der Waals surface area (Å²) in [5.41, 5.74) is 7.58. The second kappa shape index (κ2) is 6.46. The Bertz CT molecular complexity index is 739. The van der Waals surface area contributed by atoms with Crippen LogP contribution in [0.15, 0.2) is 23.1 Å². The summed E-state index contributed by atoms with van der Waals surface area (Å²) in [6, 6.07) is 4.95. The number of carbonyl (C=O) groups excluding carboxylic acids is 1. The van der Waals surface area contributed by atoms with Gasteiger partial charge in [0.1, 0.15) is 0 Å². The fraction of sp³-hybridized carbons (Fsp3) is 0.588. The first-order valence-electron chi connectivity index (χ1n) is 8.50. The Morgan fingerprint density at radius 2 is 2.00 bits per heavy atom. The van der Waals surface area contributed by atoms with E-state index in [1.807, 2.05) is 0 Å². The summed E-state index contributed by atoms with van der Waals surface area (Å²) in [5.74, 6) is -0.0233. The summed E-state index contributed by atoms with van der Waals surface area (Å²) < 4.78 is 27.8. The lowest BCUT2D eigenvalue weighted by Crippen LogP contribution is -2.51. The zero-order valence-electron chi connectivity index (χ0n) is 14.0. The lowest BCUT2D eigenvalue weighted by molar-refractivity contribution is -0.116. The first-order chi connectivity index (χ1) is 11.3. The van der Waals surface area contributed by atoms with Crippen LogP contribution >= 0.6 is 0 Å². The molecule has 0 bridgehead atoms. The molecule has 1 aromatic carbocycles. The van der Waals surface area contributed by atoms with E-state index in [2.05, 4.69) is 4.72 Å². The molecular formula is C17H25N3O3S. The van der Waals surface area contributed by atoms with Gasteiger partial charge in [0.25, 0.3) is 0 Å². The van der Waals surface area contributed by atoms with Crippen LogP contribution in [0.4, 0.5) is 5.69 Å². The van der Waals surface area contributed by atoms with Crippen molar-refractivity contribution < 1.29 is 13.2 Å². The van der Waals surface area contributed by atoms with E-state index in [0.29, 0.717) is 13.0 Å². The molecule has 1 fully saturated rings. The maximum Gasteiger partial charge on any atom is 0.240 e. The van der Waals surface area contributed by atoms with E-state index in [1.54, 1.807) is 23.1 Å². The van der Waals surface area contributed by atoms with Crippen molar-refractivity contribution in [3.63, 3.8) is 0 Å². The van der Waals surface area contributed by atoms with Gasteiger partial charge in [-0.05, 0) is 43.0 Å². The Morgan fingerprint density at radius 1 is 1.29 bits per heavy atom. The Morgan fingerprint density at radius 3 is 2.67 bits per heavy atom. The molecule has 1 aliphatic heterocycles. The minimum atomic E-state index is -3.59. The van der Waals surface area contributed by atoms with E-state index in [-0.39, 0.29) is 17.3 Å². The number of carbonyl (C=O) groups is 1. The van der Waals surface area contributed by atoms with Gasteiger partial charge in [-0.15, -0.1) is 0 Å². The maximum atomic E-state index is 12.6. The van der Waals surface area contributed by atoms with Crippen LogP contribution in [0.3, 0.4) is 0 Å². The highest BCUT2D eigenvalue weighted by atomic mass is 32.2. The quantitative estimate of drug-likeness (QED) is 0.860. The van der Waals surface area contributed by atoms with Crippen LogP contribution in [0.25, 0.3) is 0 Å². The molecule has 0 radical (unpaired) electrons. The van der Waals surface area contributed by atoms with E-state index >= 15 is 0 Å². The highest BCUT2D eigenvalue weighted by Crippen LogP contribution is 2.30. The molecular weight excluding hydrogens is 326 g/mol. The molecule has 1 aromatic rings. The lowest BCUT2D eigenvalue weighted by atomic mass is 9.83. The normalized spacial score (nSPS) is 20.0. The number of rotatable bonds is 4. The predicted octanol–water partition coefficient (Wildman–Crippen LogP) is 1.54. The number of hydrogen-bond acceptors (Lipinski definition) is 4. The summed E-state index contributed by atoms with van der Waals surface area (Å²) in [6.07, 6.45) is 5.67. The fourth-order valence-corrected chi connectivity index (χ4v) is 4.82. The summed E-state index contributed by atoms with van der Waals surface area (Å²) in [4.78, 5) is 13.5. The van der Waals surface area contributed by atoms with Crippen molar-refractivity contribution in [3.8, 4) is 0 Å². The van der Waals surface area contributed by atoms with Gasteiger partial charge in [0, 0.05) is 31.2 Å². The largest absolute Gasteiger partial charge is 0.324 e. The average Bonchev–Trinajstić information content (AvgIpc) is 2.97. The van der Waals surface area contributed by atoms with Crippen LogP contribution in [0.2, 0.25) is 0 Å². The highest BCUT2D eigenvalue weighted by Gasteiger charge is 2.30. The van der Waals surface area contributed by atoms with Gasteiger partial charge in [-0.2, -0.15) is 0 Å². The van der Waals surface area contributed by atoms with Gasteiger partial charge in [0.05, 0.1) is 4.90 Å². The number of nitrogens with one attached hydrogen (secondary N) is 1. The standard InChI is InChI=1S/C17H25N3O3S/c1-13(21)20-10-7-14-11-15(5-6-16(14)20)24(22,23)19-12-17(18)8-3-2-4-9-17/h5-6,11,19H,2-4,7-10,12,18H2,1H3. The van der Waals surface area contributed by atoms with Crippen molar-refractivity contribution in [1.29, 1.82) is 0 Å². The molecule has 0 unspecified atom stereocenters. The second-order valence-corrected chi connectivity index (χ2v) is 8.73. The monoisotopic (exact) mass is 351 g/mol. The first kappa shape index (κ1) is 17.4. The first-order valence-corrected chi connectivity index (χ1v) is 9.99. The van der Waals surface area contributed by atoms with Crippen LogP contribution in [0.1, 0.15) is 44.6 Å². The zero-order chi connectivity index (χ0) is 17.4. The Balaban J connectivity index is 1.75. The molecule has 3 N–H and O–H groups in total. The zero-order valence-corrected chi connectivity index (χ0v) is 14.9. The van der Waals surface area contributed by atoms with E-state index in [4.69, 9.17) is 5.73 Å².